The van der Waals surface area contributed by atoms with Crippen molar-refractivity contribution in [2.24, 2.45) is 0 Å². The van der Waals surface area contributed by atoms with Crippen molar-refractivity contribution in [1.29, 1.82) is 0 Å². The maximum absolute atomic E-state index is 13.3. The van der Waals surface area contributed by atoms with Crippen LogP contribution in [0.2, 0.25) is 0 Å². The third kappa shape index (κ3) is 12.0. The Labute approximate surface area is 286 Å². The molecule has 0 aliphatic carbocycles. The second-order valence-electron chi connectivity index (χ2n) is 11.2. The molecule has 0 radical (unpaired) electrons. The highest BCUT2D eigenvalue weighted by atomic mass is 32.1. The summed E-state index contributed by atoms with van der Waals surface area (Å²) < 4.78 is 88.3. The summed E-state index contributed by atoms with van der Waals surface area (Å²) in [6, 6.07) is 16.4. The highest BCUT2D eigenvalue weighted by Crippen LogP contribution is 2.36. The standard InChI is InChI=1S/C38H36F6O2S2/c1-3-5-7-9-15-31-21-23-35(47-31)29-19-17-27(33(25-29)45-37(39,40)41)13-11-12-14-28-18-20-30(26-34(28)46-38(42,43)44)36-24-22-32(48-36)16-10-8-6-4-2/h17-26H,3-10,15-16H2,1-2H3. The fraction of sp³-hybridized carbons (Fsp3) is 0.368. The van der Waals surface area contributed by atoms with Crippen LogP contribution in [0, 0.1) is 23.7 Å². The van der Waals surface area contributed by atoms with Crippen molar-refractivity contribution in [3.63, 3.8) is 0 Å². The molecular weight excluding hydrogens is 667 g/mol. The Morgan fingerprint density at radius 2 is 0.958 bits per heavy atom. The molecule has 0 fully saturated rings. The summed E-state index contributed by atoms with van der Waals surface area (Å²) in [5, 5.41) is 0. The molecule has 0 saturated heterocycles. The van der Waals surface area contributed by atoms with Gasteiger partial charge >= 0.3 is 12.7 Å². The highest BCUT2D eigenvalue weighted by molar-refractivity contribution is 7.15. The van der Waals surface area contributed by atoms with Crippen molar-refractivity contribution in [3.8, 4) is 56.1 Å². The lowest BCUT2D eigenvalue weighted by atomic mass is 10.1. The Bertz CT molecular complexity index is 1630. The molecule has 0 N–H and O–H groups in total. The molecule has 0 saturated carbocycles. The highest BCUT2D eigenvalue weighted by Gasteiger charge is 2.33. The van der Waals surface area contributed by atoms with Gasteiger partial charge in [0.05, 0.1) is 11.1 Å². The second-order valence-corrected chi connectivity index (χ2v) is 13.5. The molecule has 4 rings (SSSR count). The van der Waals surface area contributed by atoms with Crippen molar-refractivity contribution >= 4 is 22.7 Å². The number of benzene rings is 2. The summed E-state index contributed by atoms with van der Waals surface area (Å²) in [5.41, 5.74) is 0.984. The molecule has 0 amide bonds. The Hall–Kier alpha value is -3.86. The van der Waals surface area contributed by atoms with E-state index in [-0.39, 0.29) is 11.1 Å². The Morgan fingerprint density at radius 1 is 0.542 bits per heavy atom. The summed E-state index contributed by atoms with van der Waals surface area (Å²) >= 11 is 3.04. The molecule has 2 aromatic carbocycles. The van der Waals surface area contributed by atoms with E-state index in [0.29, 0.717) is 11.1 Å². The Balaban J connectivity index is 1.55. The first kappa shape index (κ1) is 37.0. The number of halogens is 6. The zero-order valence-corrected chi connectivity index (χ0v) is 28.4. The topological polar surface area (TPSA) is 18.5 Å². The van der Waals surface area contributed by atoms with Gasteiger partial charge in [-0.3, -0.25) is 0 Å². The van der Waals surface area contributed by atoms with Gasteiger partial charge in [-0.2, -0.15) is 0 Å². The molecule has 0 unspecified atom stereocenters. The molecule has 0 bridgehead atoms. The third-order valence-electron chi connectivity index (χ3n) is 7.32. The van der Waals surface area contributed by atoms with E-state index in [9.17, 15) is 26.3 Å². The molecule has 0 aliphatic heterocycles. The number of thiophene rings is 2. The molecule has 0 aliphatic rings. The van der Waals surface area contributed by atoms with Crippen LogP contribution in [-0.4, -0.2) is 12.7 Å². The van der Waals surface area contributed by atoms with Crippen molar-refractivity contribution in [1.82, 2.24) is 0 Å². The summed E-state index contributed by atoms with van der Waals surface area (Å²) in [6.07, 6.45) is 0.849. The Kier molecular flexibility index (Phi) is 13.5. The second kappa shape index (κ2) is 17.5. The first-order valence-corrected chi connectivity index (χ1v) is 17.6. The predicted octanol–water partition coefficient (Wildman–Crippen LogP) is 12.6. The van der Waals surface area contributed by atoms with Gasteiger partial charge in [0.2, 0.25) is 0 Å². The van der Waals surface area contributed by atoms with E-state index in [2.05, 4.69) is 47.0 Å². The van der Waals surface area contributed by atoms with Gasteiger partial charge in [-0.25, -0.2) is 0 Å². The quantitative estimate of drug-likeness (QED) is 0.0740. The summed E-state index contributed by atoms with van der Waals surface area (Å²) in [4.78, 5) is 3.91. The largest absolute Gasteiger partial charge is 0.573 e. The minimum Gasteiger partial charge on any atom is -0.404 e. The first-order chi connectivity index (χ1) is 22.9. The molecule has 48 heavy (non-hydrogen) atoms. The van der Waals surface area contributed by atoms with E-state index in [1.807, 2.05) is 24.3 Å². The van der Waals surface area contributed by atoms with Crippen LogP contribution in [0.25, 0.3) is 20.9 Å². The lowest BCUT2D eigenvalue weighted by Crippen LogP contribution is -2.18. The van der Waals surface area contributed by atoms with Crippen LogP contribution in [0.1, 0.15) is 86.1 Å². The normalized spacial score (nSPS) is 11.4. The molecule has 4 aromatic rings. The number of unbranched alkanes of at least 4 members (excludes halogenated alkanes) is 6. The van der Waals surface area contributed by atoms with Gasteiger partial charge < -0.3 is 9.47 Å². The third-order valence-corrected chi connectivity index (χ3v) is 9.71. The molecule has 2 heterocycles. The summed E-state index contributed by atoms with van der Waals surface area (Å²) in [6.45, 7) is 4.28. The van der Waals surface area contributed by atoms with E-state index in [0.717, 1.165) is 83.7 Å². The monoisotopic (exact) mass is 702 g/mol. The number of rotatable bonds is 14. The minimum atomic E-state index is -4.95. The number of ether oxygens (including phenoxy) is 2. The molecule has 2 nitrogen and oxygen atoms in total. The van der Waals surface area contributed by atoms with Gasteiger partial charge in [-0.1, -0.05) is 64.5 Å². The molecule has 254 valence electrons. The smallest absolute Gasteiger partial charge is 0.404 e. The molecule has 0 atom stereocenters. The fourth-order valence-corrected chi connectivity index (χ4v) is 7.05. The van der Waals surface area contributed by atoms with Crippen molar-refractivity contribution < 1.29 is 35.8 Å². The fourth-order valence-electron chi connectivity index (χ4n) is 4.96. The number of hydrogen-bond acceptors (Lipinski definition) is 4. The average Bonchev–Trinajstić information content (AvgIpc) is 3.70. The van der Waals surface area contributed by atoms with Crippen LogP contribution >= 0.6 is 22.7 Å². The van der Waals surface area contributed by atoms with E-state index >= 15 is 0 Å². The summed E-state index contributed by atoms with van der Waals surface area (Å²) in [7, 11) is 0. The van der Waals surface area contributed by atoms with E-state index in [1.54, 1.807) is 12.1 Å². The van der Waals surface area contributed by atoms with Crippen LogP contribution in [0.5, 0.6) is 11.5 Å². The van der Waals surface area contributed by atoms with Crippen molar-refractivity contribution in [2.75, 3.05) is 0 Å². The van der Waals surface area contributed by atoms with Crippen molar-refractivity contribution in [3.05, 3.63) is 81.5 Å². The zero-order valence-electron chi connectivity index (χ0n) is 26.7. The van der Waals surface area contributed by atoms with Gasteiger partial charge in [-0.15, -0.1) is 49.0 Å². The van der Waals surface area contributed by atoms with Gasteiger partial charge in [0.1, 0.15) is 11.5 Å². The molecule has 2 aromatic heterocycles. The maximum atomic E-state index is 13.3. The first-order valence-electron chi connectivity index (χ1n) is 15.9. The average molecular weight is 703 g/mol. The lowest BCUT2D eigenvalue weighted by molar-refractivity contribution is -0.275. The number of hydrogen-bond donors (Lipinski definition) is 0. The SMILES string of the molecule is CCCCCCc1ccc(-c2ccc(C#CC#Cc3ccc(-c4ccc(CCCCCC)s4)cc3OC(F)(F)F)c(OC(F)(F)F)c2)s1. The predicted molar refractivity (Wildman–Crippen MR) is 182 cm³/mol. The van der Waals surface area contributed by atoms with Crippen molar-refractivity contribution in [2.45, 2.75) is 90.8 Å². The van der Waals surface area contributed by atoms with Crippen LogP contribution in [0.15, 0.2) is 60.7 Å². The Morgan fingerprint density at radius 3 is 1.33 bits per heavy atom. The van der Waals surface area contributed by atoms with Gasteiger partial charge in [0.15, 0.2) is 0 Å². The lowest BCUT2D eigenvalue weighted by Gasteiger charge is -2.12. The van der Waals surface area contributed by atoms with Crippen LogP contribution in [0.3, 0.4) is 0 Å². The van der Waals surface area contributed by atoms with Crippen LogP contribution in [0.4, 0.5) is 26.3 Å². The summed E-state index contributed by atoms with van der Waals surface area (Å²) in [5.74, 6) is 9.04. The van der Waals surface area contributed by atoms with E-state index in [1.165, 1.54) is 46.9 Å². The molecular formula is C38H36F6O2S2. The molecule has 0 spiro atoms. The van der Waals surface area contributed by atoms with E-state index in [4.69, 9.17) is 0 Å². The van der Waals surface area contributed by atoms with Gasteiger partial charge in [0.25, 0.3) is 0 Å². The van der Waals surface area contributed by atoms with Gasteiger partial charge in [0, 0.05) is 19.5 Å². The van der Waals surface area contributed by atoms with Gasteiger partial charge in [-0.05, 0) is 109 Å². The number of alkyl halides is 6. The van der Waals surface area contributed by atoms with Crippen LogP contribution < -0.4 is 9.47 Å². The van der Waals surface area contributed by atoms with Crippen LogP contribution in [-0.2, 0) is 12.8 Å². The maximum Gasteiger partial charge on any atom is 0.573 e. The number of aryl methyl sites for hydroxylation is 2. The molecule has 10 heteroatoms. The van der Waals surface area contributed by atoms with E-state index < -0.39 is 24.2 Å². The zero-order chi connectivity index (χ0) is 34.6. The minimum absolute atomic E-state index is 0.0629.